The highest BCUT2D eigenvalue weighted by molar-refractivity contribution is 5.99. The number of aromatic nitrogens is 1. The molecule has 2 saturated heterocycles. The van der Waals surface area contributed by atoms with Crippen molar-refractivity contribution >= 4 is 16.8 Å². The fourth-order valence-electron chi connectivity index (χ4n) is 3.70. The zero-order chi connectivity index (χ0) is 19.0. The summed E-state index contributed by atoms with van der Waals surface area (Å²) in [7, 11) is 0. The van der Waals surface area contributed by atoms with Crippen molar-refractivity contribution in [1.29, 1.82) is 0 Å². The summed E-state index contributed by atoms with van der Waals surface area (Å²) in [6.07, 6.45) is -2.67. The third kappa shape index (κ3) is 3.74. The van der Waals surface area contributed by atoms with Crippen LogP contribution >= 0.6 is 0 Å². The summed E-state index contributed by atoms with van der Waals surface area (Å²) in [4.78, 5) is 17.7. The van der Waals surface area contributed by atoms with Gasteiger partial charge in [-0.05, 0) is 37.5 Å². The van der Waals surface area contributed by atoms with Gasteiger partial charge >= 0.3 is 6.36 Å². The number of fused-ring (bicyclic) bond motifs is 1. The summed E-state index contributed by atoms with van der Waals surface area (Å²) < 4.78 is 53.1. The lowest BCUT2D eigenvalue weighted by Crippen LogP contribution is -2.50. The van der Waals surface area contributed by atoms with Crippen molar-refractivity contribution in [3.63, 3.8) is 0 Å². The number of hydrogen-bond donors (Lipinski definition) is 1. The lowest BCUT2D eigenvalue weighted by molar-refractivity contribution is -0.274. The lowest BCUT2D eigenvalue weighted by Gasteiger charge is -2.37. The molecule has 146 valence electrons. The molecule has 0 spiro atoms. The molecule has 0 bridgehead atoms. The largest absolute Gasteiger partial charge is 0.573 e. The van der Waals surface area contributed by atoms with Gasteiger partial charge in [-0.15, -0.1) is 13.2 Å². The van der Waals surface area contributed by atoms with Gasteiger partial charge < -0.3 is 24.1 Å². The standard InChI is InChI=1S/C18H19F3N2O4/c19-18(20,21)27-15-6-3-4-12-11(15)10-13(22-12)16(24)23-7-2-1-5-14(23)17-25-8-9-26-17/h3-4,6,10,14,17,22H,1-2,5,7-9H2/t14-/m0/s1. The molecule has 9 heteroatoms. The van der Waals surface area contributed by atoms with Crippen molar-refractivity contribution in [2.45, 2.75) is 38.0 Å². The quantitative estimate of drug-likeness (QED) is 0.881. The molecule has 1 aromatic carbocycles. The number of benzene rings is 1. The Morgan fingerprint density at radius 2 is 2.00 bits per heavy atom. The van der Waals surface area contributed by atoms with E-state index in [0.29, 0.717) is 25.3 Å². The van der Waals surface area contributed by atoms with Crippen LogP contribution in [0.15, 0.2) is 24.3 Å². The number of amides is 1. The van der Waals surface area contributed by atoms with Crippen LogP contribution in [0, 0.1) is 0 Å². The Morgan fingerprint density at radius 3 is 2.74 bits per heavy atom. The number of rotatable bonds is 3. The fourth-order valence-corrected chi connectivity index (χ4v) is 3.70. The van der Waals surface area contributed by atoms with E-state index in [1.54, 1.807) is 11.0 Å². The maximum atomic E-state index is 13.1. The Labute approximate surface area is 153 Å². The molecule has 1 aromatic heterocycles. The number of halogens is 3. The fraction of sp³-hybridized carbons (Fsp3) is 0.500. The number of alkyl halides is 3. The van der Waals surface area contributed by atoms with Gasteiger partial charge in [0.25, 0.3) is 5.91 Å². The van der Waals surface area contributed by atoms with Crippen LogP contribution in [-0.2, 0) is 9.47 Å². The molecule has 2 fully saturated rings. The maximum absolute atomic E-state index is 13.1. The number of carbonyl (C=O) groups is 1. The first-order chi connectivity index (χ1) is 12.9. The lowest BCUT2D eigenvalue weighted by atomic mass is 10.0. The van der Waals surface area contributed by atoms with Crippen LogP contribution in [0.1, 0.15) is 29.8 Å². The summed E-state index contributed by atoms with van der Waals surface area (Å²) in [6.45, 7) is 1.54. The number of hydrogen-bond acceptors (Lipinski definition) is 4. The van der Waals surface area contributed by atoms with Crippen LogP contribution in [0.3, 0.4) is 0 Å². The second-order valence-electron chi connectivity index (χ2n) is 6.62. The highest BCUT2D eigenvalue weighted by Crippen LogP contribution is 2.32. The van der Waals surface area contributed by atoms with Crippen molar-refractivity contribution in [2.24, 2.45) is 0 Å². The number of ether oxygens (including phenoxy) is 3. The molecule has 3 heterocycles. The topological polar surface area (TPSA) is 63.8 Å². The van der Waals surface area contributed by atoms with Crippen LogP contribution in [0.5, 0.6) is 5.75 Å². The van der Waals surface area contributed by atoms with Gasteiger partial charge in [0, 0.05) is 17.4 Å². The van der Waals surface area contributed by atoms with E-state index in [2.05, 4.69) is 9.72 Å². The molecule has 1 amide bonds. The number of carbonyl (C=O) groups excluding carboxylic acids is 1. The van der Waals surface area contributed by atoms with Gasteiger partial charge in [-0.1, -0.05) is 6.07 Å². The van der Waals surface area contributed by atoms with Crippen LogP contribution in [0.25, 0.3) is 10.9 Å². The third-order valence-corrected chi connectivity index (χ3v) is 4.85. The smallest absolute Gasteiger partial charge is 0.405 e. The van der Waals surface area contributed by atoms with Crippen molar-refractivity contribution in [2.75, 3.05) is 19.8 Å². The summed E-state index contributed by atoms with van der Waals surface area (Å²) in [5.41, 5.74) is 0.621. The number of aromatic amines is 1. The van der Waals surface area contributed by atoms with E-state index in [0.717, 1.165) is 19.3 Å². The first kappa shape index (κ1) is 18.1. The predicted molar refractivity (Wildman–Crippen MR) is 89.3 cm³/mol. The summed E-state index contributed by atoms with van der Waals surface area (Å²) in [5.74, 6) is -0.624. The molecule has 1 N–H and O–H groups in total. The van der Waals surface area contributed by atoms with E-state index in [1.165, 1.54) is 18.2 Å². The molecule has 2 aromatic rings. The molecule has 0 saturated carbocycles. The monoisotopic (exact) mass is 384 g/mol. The molecule has 1 atom stereocenters. The molecule has 6 nitrogen and oxygen atoms in total. The van der Waals surface area contributed by atoms with E-state index in [1.807, 2.05) is 0 Å². The molecule has 0 aliphatic carbocycles. The van der Waals surface area contributed by atoms with Gasteiger partial charge in [-0.25, -0.2) is 0 Å². The maximum Gasteiger partial charge on any atom is 0.573 e. The zero-order valence-corrected chi connectivity index (χ0v) is 14.4. The average Bonchev–Trinajstić information content (AvgIpc) is 3.30. The number of H-pyrrole nitrogens is 1. The Bertz CT molecular complexity index is 830. The number of nitrogens with one attached hydrogen (secondary N) is 1. The van der Waals surface area contributed by atoms with Gasteiger partial charge in [0.15, 0.2) is 6.29 Å². The van der Waals surface area contributed by atoms with Gasteiger partial charge in [0.05, 0.1) is 19.3 Å². The zero-order valence-electron chi connectivity index (χ0n) is 14.4. The van der Waals surface area contributed by atoms with Crippen LogP contribution in [-0.4, -0.2) is 54.2 Å². The van der Waals surface area contributed by atoms with Crippen LogP contribution < -0.4 is 4.74 Å². The first-order valence-electron chi connectivity index (χ1n) is 8.84. The molecule has 27 heavy (non-hydrogen) atoms. The molecule has 2 aliphatic heterocycles. The normalized spacial score (nSPS) is 21.7. The Hall–Kier alpha value is -2.26. The second-order valence-corrected chi connectivity index (χ2v) is 6.62. The minimum absolute atomic E-state index is 0.203. The summed E-state index contributed by atoms with van der Waals surface area (Å²) in [5, 5.41) is 0.208. The third-order valence-electron chi connectivity index (χ3n) is 4.85. The molecular weight excluding hydrogens is 365 g/mol. The molecule has 0 radical (unpaired) electrons. The van der Waals surface area contributed by atoms with Gasteiger partial charge in [0.2, 0.25) is 0 Å². The van der Waals surface area contributed by atoms with Crippen molar-refractivity contribution < 1.29 is 32.2 Å². The Balaban J connectivity index is 1.62. The Morgan fingerprint density at radius 1 is 1.22 bits per heavy atom. The van der Waals surface area contributed by atoms with E-state index < -0.39 is 12.7 Å². The van der Waals surface area contributed by atoms with Crippen molar-refractivity contribution in [3.05, 3.63) is 30.0 Å². The summed E-state index contributed by atoms with van der Waals surface area (Å²) >= 11 is 0. The Kier molecular flexibility index (Phi) is 4.73. The van der Waals surface area contributed by atoms with E-state index in [4.69, 9.17) is 9.47 Å². The van der Waals surface area contributed by atoms with E-state index >= 15 is 0 Å². The minimum Gasteiger partial charge on any atom is -0.405 e. The van der Waals surface area contributed by atoms with E-state index in [-0.39, 0.29) is 28.8 Å². The molecule has 2 aliphatic rings. The first-order valence-corrected chi connectivity index (χ1v) is 8.84. The highest BCUT2D eigenvalue weighted by Gasteiger charge is 2.37. The molecule has 0 unspecified atom stereocenters. The van der Waals surface area contributed by atoms with Gasteiger partial charge in [0.1, 0.15) is 11.4 Å². The van der Waals surface area contributed by atoms with Gasteiger partial charge in [-0.3, -0.25) is 4.79 Å². The predicted octanol–water partition coefficient (Wildman–Crippen LogP) is 3.43. The molecule has 4 rings (SSSR count). The minimum atomic E-state index is -4.80. The highest BCUT2D eigenvalue weighted by atomic mass is 19.4. The number of piperidine rings is 1. The molecular formula is C18H19F3N2O4. The number of likely N-dealkylation sites (tertiary alicyclic amines) is 1. The van der Waals surface area contributed by atoms with Crippen molar-refractivity contribution in [1.82, 2.24) is 9.88 Å². The summed E-state index contributed by atoms with van der Waals surface area (Å²) in [6, 6.07) is 5.47. The van der Waals surface area contributed by atoms with Gasteiger partial charge in [-0.2, -0.15) is 0 Å². The van der Waals surface area contributed by atoms with Crippen LogP contribution in [0.2, 0.25) is 0 Å². The second kappa shape index (κ2) is 7.05. The average molecular weight is 384 g/mol. The van der Waals surface area contributed by atoms with Crippen LogP contribution in [0.4, 0.5) is 13.2 Å². The van der Waals surface area contributed by atoms with Crippen molar-refractivity contribution in [3.8, 4) is 5.75 Å². The van der Waals surface area contributed by atoms with E-state index in [9.17, 15) is 18.0 Å². The SMILES string of the molecule is O=C(c1cc2c(OC(F)(F)F)cccc2[nH]1)N1CCCC[C@H]1C1OCCO1. The number of nitrogens with zero attached hydrogens (tertiary/aromatic N) is 1.